The molecule has 7 nitrogen and oxygen atoms in total. The van der Waals surface area contributed by atoms with Crippen LogP contribution in [0.1, 0.15) is 37.9 Å². The lowest BCUT2D eigenvalue weighted by atomic mass is 10.0. The van der Waals surface area contributed by atoms with Gasteiger partial charge in [0.05, 0.1) is 4.92 Å². The zero-order chi connectivity index (χ0) is 17.1. The molecule has 0 fully saturated rings. The molecule has 120 valence electrons. The van der Waals surface area contributed by atoms with Crippen molar-refractivity contribution >= 4 is 18.1 Å². The third-order valence-electron chi connectivity index (χ3n) is 3.02. The lowest BCUT2D eigenvalue weighted by molar-refractivity contribution is -0.384. The van der Waals surface area contributed by atoms with E-state index in [1.807, 2.05) is 0 Å². The number of likely N-dealkylation sites (N-methyl/N-ethyl adjacent to an activating group) is 1. The molecular weight excluding hydrogens is 288 g/mol. The molecule has 0 saturated carbocycles. The number of ether oxygens (including phenoxy) is 1. The monoisotopic (exact) mass is 308 g/mol. The van der Waals surface area contributed by atoms with Gasteiger partial charge in [0.15, 0.2) is 0 Å². The highest BCUT2D eigenvalue weighted by atomic mass is 16.6. The molecule has 0 aliphatic carbocycles. The molecule has 0 aromatic heterocycles. The number of carbonyl (C=O) groups excluding carboxylic acids is 2. The van der Waals surface area contributed by atoms with Gasteiger partial charge >= 0.3 is 6.09 Å². The number of rotatable bonds is 4. The maximum absolute atomic E-state index is 12.1. The summed E-state index contributed by atoms with van der Waals surface area (Å²) >= 11 is 0. The third-order valence-corrected chi connectivity index (χ3v) is 3.02. The van der Waals surface area contributed by atoms with Crippen molar-refractivity contribution in [3.63, 3.8) is 0 Å². The Morgan fingerprint density at radius 1 is 1.41 bits per heavy atom. The highest BCUT2D eigenvalue weighted by Crippen LogP contribution is 2.26. The first-order chi connectivity index (χ1) is 10.1. The van der Waals surface area contributed by atoms with Crippen LogP contribution in [0.3, 0.4) is 0 Å². The summed E-state index contributed by atoms with van der Waals surface area (Å²) in [6, 6.07) is 3.26. The van der Waals surface area contributed by atoms with E-state index in [1.165, 1.54) is 19.2 Å². The predicted molar refractivity (Wildman–Crippen MR) is 80.6 cm³/mol. The zero-order valence-electron chi connectivity index (χ0n) is 13.3. The summed E-state index contributed by atoms with van der Waals surface area (Å²) in [6.45, 7) is 6.87. The summed E-state index contributed by atoms with van der Waals surface area (Å²) in [7, 11) is 1.42. The Balaban J connectivity index is 3.15. The summed E-state index contributed by atoms with van der Waals surface area (Å²) in [6.07, 6.45) is -0.105. The number of aldehydes is 1. The molecule has 0 heterocycles. The minimum Gasteiger partial charge on any atom is -0.444 e. The fraction of sp³-hybridized carbons (Fsp3) is 0.467. The summed E-state index contributed by atoms with van der Waals surface area (Å²) in [5.41, 5.74) is 0.247. The second-order valence-electron chi connectivity index (χ2n) is 5.97. The van der Waals surface area contributed by atoms with Gasteiger partial charge in [-0.3, -0.25) is 15.0 Å². The standard InChI is InChI=1S/C15H20N2O5/c1-10-6-7-11(17(20)21)8-12(10)13(9-18)16(5)14(19)22-15(2,3)4/h6-9,13H,1-5H3. The predicted octanol–water partition coefficient (Wildman–Crippen LogP) is 3.01. The van der Waals surface area contributed by atoms with Gasteiger partial charge in [0.2, 0.25) is 0 Å². The maximum Gasteiger partial charge on any atom is 0.410 e. The average Bonchev–Trinajstić information content (AvgIpc) is 2.39. The van der Waals surface area contributed by atoms with Crippen molar-refractivity contribution < 1.29 is 19.2 Å². The maximum atomic E-state index is 12.1. The van der Waals surface area contributed by atoms with E-state index in [9.17, 15) is 19.7 Å². The molecule has 1 rings (SSSR count). The molecule has 0 bridgehead atoms. The Bertz CT molecular complexity index is 592. The number of benzene rings is 1. The Morgan fingerprint density at radius 3 is 2.45 bits per heavy atom. The first-order valence-corrected chi connectivity index (χ1v) is 6.73. The molecule has 1 aromatic carbocycles. The fourth-order valence-corrected chi connectivity index (χ4v) is 1.88. The Labute approximate surface area is 129 Å². The fourth-order valence-electron chi connectivity index (χ4n) is 1.88. The van der Waals surface area contributed by atoms with E-state index < -0.39 is 22.7 Å². The Kier molecular flexibility index (Phi) is 5.24. The van der Waals surface area contributed by atoms with E-state index in [0.717, 1.165) is 4.90 Å². The van der Waals surface area contributed by atoms with Crippen molar-refractivity contribution in [3.05, 3.63) is 39.4 Å². The molecule has 1 unspecified atom stereocenters. The molecular formula is C15H20N2O5. The van der Waals surface area contributed by atoms with Gasteiger partial charge in [-0.25, -0.2) is 4.79 Å². The molecule has 1 aromatic rings. The average molecular weight is 308 g/mol. The van der Waals surface area contributed by atoms with E-state index in [2.05, 4.69) is 0 Å². The SMILES string of the molecule is Cc1ccc([N+](=O)[O-])cc1C(C=O)N(C)C(=O)OC(C)(C)C. The van der Waals surface area contributed by atoms with E-state index in [1.54, 1.807) is 33.8 Å². The van der Waals surface area contributed by atoms with Crippen LogP contribution in [0.2, 0.25) is 0 Å². The molecule has 7 heteroatoms. The number of hydrogen-bond donors (Lipinski definition) is 0. The number of nitrogens with zero attached hydrogens (tertiary/aromatic N) is 2. The molecule has 0 aliphatic heterocycles. The number of aryl methyl sites for hydroxylation is 1. The highest BCUT2D eigenvalue weighted by molar-refractivity contribution is 5.75. The Hall–Kier alpha value is -2.44. The summed E-state index contributed by atoms with van der Waals surface area (Å²) in [5, 5.41) is 10.9. The van der Waals surface area contributed by atoms with Crippen LogP contribution < -0.4 is 0 Å². The van der Waals surface area contributed by atoms with Gasteiger partial charge in [0.25, 0.3) is 5.69 Å². The van der Waals surface area contributed by atoms with Gasteiger partial charge in [0, 0.05) is 19.2 Å². The normalized spacial score (nSPS) is 12.4. The molecule has 1 atom stereocenters. The number of carbonyl (C=O) groups is 2. The van der Waals surface area contributed by atoms with Crippen molar-refractivity contribution in [2.24, 2.45) is 0 Å². The molecule has 0 spiro atoms. The van der Waals surface area contributed by atoms with Crippen LogP contribution in [0.15, 0.2) is 18.2 Å². The molecule has 0 aliphatic rings. The third kappa shape index (κ3) is 4.28. The van der Waals surface area contributed by atoms with Gasteiger partial charge in [0.1, 0.15) is 17.9 Å². The van der Waals surface area contributed by atoms with Crippen LogP contribution in [0.4, 0.5) is 10.5 Å². The van der Waals surface area contributed by atoms with Gasteiger partial charge in [-0.1, -0.05) is 6.07 Å². The van der Waals surface area contributed by atoms with Crippen LogP contribution in [-0.2, 0) is 9.53 Å². The van der Waals surface area contributed by atoms with Gasteiger partial charge in [-0.05, 0) is 38.8 Å². The number of nitro benzene ring substituents is 1. The largest absolute Gasteiger partial charge is 0.444 e. The van der Waals surface area contributed by atoms with Crippen molar-refractivity contribution in [1.29, 1.82) is 0 Å². The van der Waals surface area contributed by atoms with Crippen molar-refractivity contribution in [2.75, 3.05) is 7.05 Å². The Morgan fingerprint density at radius 2 is 2.00 bits per heavy atom. The van der Waals surface area contributed by atoms with E-state index in [0.29, 0.717) is 17.4 Å². The zero-order valence-corrected chi connectivity index (χ0v) is 13.3. The van der Waals surface area contributed by atoms with Crippen LogP contribution in [0.5, 0.6) is 0 Å². The minimum atomic E-state index is -0.949. The van der Waals surface area contributed by atoms with Crippen molar-refractivity contribution in [3.8, 4) is 0 Å². The van der Waals surface area contributed by atoms with Gasteiger partial charge in [-0.15, -0.1) is 0 Å². The summed E-state index contributed by atoms with van der Waals surface area (Å²) in [5.74, 6) is 0. The number of non-ortho nitro benzene ring substituents is 1. The molecule has 0 N–H and O–H groups in total. The number of amides is 1. The van der Waals surface area contributed by atoms with E-state index >= 15 is 0 Å². The smallest absolute Gasteiger partial charge is 0.410 e. The van der Waals surface area contributed by atoms with Crippen LogP contribution in [-0.4, -0.2) is 34.9 Å². The van der Waals surface area contributed by atoms with Crippen LogP contribution in [0, 0.1) is 17.0 Å². The second kappa shape index (κ2) is 6.55. The lowest BCUT2D eigenvalue weighted by Gasteiger charge is -2.28. The minimum absolute atomic E-state index is 0.134. The topological polar surface area (TPSA) is 89.8 Å². The lowest BCUT2D eigenvalue weighted by Crippen LogP contribution is -2.37. The number of hydrogen-bond acceptors (Lipinski definition) is 5. The van der Waals surface area contributed by atoms with Crippen LogP contribution in [0.25, 0.3) is 0 Å². The second-order valence-corrected chi connectivity index (χ2v) is 5.97. The molecule has 22 heavy (non-hydrogen) atoms. The molecule has 0 saturated heterocycles. The van der Waals surface area contributed by atoms with Crippen LogP contribution >= 0.6 is 0 Å². The quantitative estimate of drug-likeness (QED) is 0.484. The number of nitro groups is 1. The van der Waals surface area contributed by atoms with Crippen molar-refractivity contribution in [2.45, 2.75) is 39.3 Å². The highest BCUT2D eigenvalue weighted by Gasteiger charge is 2.28. The summed E-state index contributed by atoms with van der Waals surface area (Å²) < 4.78 is 5.22. The summed E-state index contributed by atoms with van der Waals surface area (Å²) in [4.78, 5) is 35.0. The first kappa shape index (κ1) is 17.6. The van der Waals surface area contributed by atoms with E-state index in [4.69, 9.17) is 4.74 Å². The molecule has 0 radical (unpaired) electrons. The molecule has 1 amide bonds. The first-order valence-electron chi connectivity index (χ1n) is 6.73. The van der Waals surface area contributed by atoms with E-state index in [-0.39, 0.29) is 5.69 Å². The van der Waals surface area contributed by atoms with Gasteiger partial charge in [-0.2, -0.15) is 0 Å². The van der Waals surface area contributed by atoms with Gasteiger partial charge < -0.3 is 9.53 Å². The van der Waals surface area contributed by atoms with Crippen molar-refractivity contribution in [1.82, 2.24) is 4.90 Å².